The number of hydrogen-bond donors (Lipinski definition) is 1. The van der Waals surface area contributed by atoms with E-state index in [1.54, 1.807) is 0 Å². The van der Waals surface area contributed by atoms with Crippen LogP contribution in [0.25, 0.3) is 0 Å². The molecule has 0 unspecified atom stereocenters. The van der Waals surface area contributed by atoms with Crippen LogP contribution in [-0.4, -0.2) is 48.4 Å². The molecule has 0 spiro atoms. The van der Waals surface area contributed by atoms with Gasteiger partial charge in [-0.1, -0.05) is 44.2 Å². The third-order valence-electron chi connectivity index (χ3n) is 6.44. The summed E-state index contributed by atoms with van der Waals surface area (Å²) >= 11 is 0. The molecule has 1 aliphatic heterocycles. The molecule has 0 aliphatic carbocycles. The molecule has 1 heterocycles. The minimum atomic E-state index is -0.556. The maximum Gasteiger partial charge on any atom is 0.119 e. The quantitative estimate of drug-likeness (QED) is 0.591. The second-order valence-corrected chi connectivity index (χ2v) is 8.71. The van der Waals surface area contributed by atoms with Crippen molar-refractivity contribution in [1.29, 1.82) is 0 Å². The summed E-state index contributed by atoms with van der Waals surface area (Å²) in [6, 6.07) is 18.9. The lowest BCUT2D eigenvalue weighted by molar-refractivity contribution is -0.0275. The Morgan fingerprint density at radius 1 is 1.00 bits per heavy atom. The monoisotopic (exact) mass is 410 g/mol. The van der Waals surface area contributed by atoms with E-state index >= 15 is 0 Å². The topological polar surface area (TPSA) is 35.9 Å². The van der Waals surface area contributed by atoms with Crippen molar-refractivity contribution in [2.45, 2.75) is 64.2 Å². The molecule has 0 radical (unpaired) electrons. The second-order valence-electron chi connectivity index (χ2n) is 8.71. The number of rotatable bonds is 10. The van der Waals surface area contributed by atoms with Crippen molar-refractivity contribution >= 4 is 5.69 Å². The largest absolute Gasteiger partial charge is 0.490 e. The van der Waals surface area contributed by atoms with Crippen molar-refractivity contribution in [2.75, 3.05) is 31.6 Å². The average molecular weight is 411 g/mol. The van der Waals surface area contributed by atoms with Crippen LogP contribution in [0.4, 0.5) is 5.69 Å². The van der Waals surface area contributed by atoms with Crippen molar-refractivity contribution in [3.05, 3.63) is 60.2 Å². The molecule has 164 valence electrons. The summed E-state index contributed by atoms with van der Waals surface area (Å²) < 4.78 is 6.01. The van der Waals surface area contributed by atoms with Crippen molar-refractivity contribution in [2.24, 2.45) is 0 Å². The number of nitrogens with zero attached hydrogens (tertiary/aromatic N) is 2. The molecule has 2 aromatic rings. The molecule has 0 bridgehead atoms. The molecule has 0 aromatic heterocycles. The Labute approximate surface area is 182 Å². The molecule has 1 saturated heterocycles. The van der Waals surface area contributed by atoms with Crippen molar-refractivity contribution in [1.82, 2.24) is 4.90 Å². The van der Waals surface area contributed by atoms with Gasteiger partial charge in [0.05, 0.1) is 11.7 Å². The first-order chi connectivity index (χ1) is 14.5. The summed E-state index contributed by atoms with van der Waals surface area (Å²) in [5.41, 5.74) is 1.95. The van der Waals surface area contributed by atoms with Gasteiger partial charge in [0.1, 0.15) is 5.75 Å². The smallest absolute Gasteiger partial charge is 0.119 e. The summed E-state index contributed by atoms with van der Waals surface area (Å²) in [4.78, 5) is 4.68. The zero-order chi connectivity index (χ0) is 21.4. The Bertz CT molecular complexity index is 735. The van der Waals surface area contributed by atoms with Crippen LogP contribution in [0, 0.1) is 0 Å². The maximum atomic E-state index is 11.1. The number of piperidine rings is 1. The van der Waals surface area contributed by atoms with Crippen LogP contribution in [0.2, 0.25) is 0 Å². The third kappa shape index (κ3) is 6.48. The lowest BCUT2D eigenvalue weighted by Crippen LogP contribution is -2.45. The number of anilines is 1. The summed E-state index contributed by atoms with van der Waals surface area (Å²) in [7, 11) is 2.10. The van der Waals surface area contributed by atoms with E-state index in [-0.39, 0.29) is 6.10 Å². The molecular weight excluding hydrogens is 372 g/mol. The predicted octanol–water partition coefficient (Wildman–Crippen LogP) is 5.11. The van der Waals surface area contributed by atoms with Gasteiger partial charge in [-0.05, 0) is 61.9 Å². The van der Waals surface area contributed by atoms with E-state index < -0.39 is 5.60 Å². The number of ether oxygens (including phenoxy) is 1. The minimum Gasteiger partial charge on any atom is -0.490 e. The minimum absolute atomic E-state index is 0.288. The van der Waals surface area contributed by atoms with Crippen LogP contribution in [0.15, 0.2) is 54.6 Å². The molecule has 0 atom stereocenters. The molecule has 1 aliphatic rings. The van der Waals surface area contributed by atoms with Gasteiger partial charge in [-0.3, -0.25) is 4.90 Å². The molecule has 1 fully saturated rings. The lowest BCUT2D eigenvalue weighted by Gasteiger charge is -2.39. The Kier molecular flexibility index (Phi) is 8.17. The van der Waals surface area contributed by atoms with E-state index in [2.05, 4.69) is 85.3 Å². The van der Waals surface area contributed by atoms with Gasteiger partial charge in [0.25, 0.3) is 0 Å². The van der Waals surface area contributed by atoms with E-state index in [9.17, 15) is 5.11 Å². The molecular formula is C26H38N2O2. The number of aliphatic hydroxyl groups is 1. The Balaban J connectivity index is 1.44. The highest BCUT2D eigenvalue weighted by Gasteiger charge is 2.32. The number of likely N-dealkylation sites (tertiary alicyclic amines) is 1. The van der Waals surface area contributed by atoms with Crippen LogP contribution in [-0.2, 0) is 6.54 Å². The van der Waals surface area contributed by atoms with Gasteiger partial charge in [0, 0.05) is 38.9 Å². The van der Waals surface area contributed by atoms with Crippen LogP contribution in [0.3, 0.4) is 0 Å². The van der Waals surface area contributed by atoms with Crippen molar-refractivity contribution in [3.63, 3.8) is 0 Å². The summed E-state index contributed by atoms with van der Waals surface area (Å²) in [6.45, 7) is 8.05. The van der Waals surface area contributed by atoms with Crippen LogP contribution < -0.4 is 9.64 Å². The summed E-state index contributed by atoms with van der Waals surface area (Å²) in [6.07, 6.45) is 4.83. The molecule has 4 heteroatoms. The normalized spacial score (nSPS) is 16.6. The highest BCUT2D eigenvalue weighted by atomic mass is 16.5. The first-order valence-electron chi connectivity index (χ1n) is 11.5. The zero-order valence-electron chi connectivity index (χ0n) is 18.9. The lowest BCUT2D eigenvalue weighted by atomic mass is 9.88. The van der Waals surface area contributed by atoms with Crippen molar-refractivity contribution in [3.8, 4) is 5.75 Å². The first-order valence-corrected chi connectivity index (χ1v) is 11.5. The van der Waals surface area contributed by atoms with E-state index in [1.807, 2.05) is 0 Å². The Morgan fingerprint density at radius 3 is 2.23 bits per heavy atom. The van der Waals surface area contributed by atoms with Crippen LogP contribution in [0.5, 0.6) is 5.75 Å². The fourth-order valence-corrected chi connectivity index (χ4v) is 4.15. The number of hydrogen-bond acceptors (Lipinski definition) is 4. The molecule has 30 heavy (non-hydrogen) atoms. The fourth-order valence-electron chi connectivity index (χ4n) is 4.15. The van der Waals surface area contributed by atoms with Gasteiger partial charge in [-0.2, -0.15) is 0 Å². The Morgan fingerprint density at radius 2 is 1.63 bits per heavy atom. The standard InChI is InChI=1S/C26H38N2O2/c1-4-24(5-2)30-25-13-11-23(12-14-25)27(3)18-15-26(29)16-19-28(20-17-26)21-22-9-7-6-8-10-22/h6-14,24,29H,4-5,15-21H2,1-3H3. The third-order valence-corrected chi connectivity index (χ3v) is 6.44. The average Bonchev–Trinajstić information content (AvgIpc) is 2.79. The second kappa shape index (κ2) is 10.8. The van der Waals surface area contributed by atoms with Gasteiger partial charge in [-0.25, -0.2) is 0 Å². The maximum absolute atomic E-state index is 11.1. The van der Waals surface area contributed by atoms with Gasteiger partial charge >= 0.3 is 0 Å². The van der Waals surface area contributed by atoms with Gasteiger partial charge in [-0.15, -0.1) is 0 Å². The molecule has 3 rings (SSSR count). The van der Waals surface area contributed by atoms with E-state index in [4.69, 9.17) is 4.74 Å². The molecule has 2 aromatic carbocycles. The van der Waals surface area contributed by atoms with Crippen LogP contribution in [0.1, 0.15) is 51.5 Å². The first kappa shape index (κ1) is 22.6. The van der Waals surface area contributed by atoms with Crippen LogP contribution >= 0.6 is 0 Å². The summed E-state index contributed by atoms with van der Waals surface area (Å²) in [5.74, 6) is 0.935. The van der Waals surface area contributed by atoms with Crippen molar-refractivity contribution < 1.29 is 9.84 Å². The molecule has 0 amide bonds. The van der Waals surface area contributed by atoms with Gasteiger partial charge < -0.3 is 14.7 Å². The zero-order valence-corrected chi connectivity index (χ0v) is 18.9. The fraction of sp³-hybridized carbons (Fsp3) is 0.538. The van der Waals surface area contributed by atoms with E-state index in [0.29, 0.717) is 0 Å². The SMILES string of the molecule is CCC(CC)Oc1ccc(N(C)CCC2(O)CCN(Cc3ccccc3)CC2)cc1. The van der Waals surface area contributed by atoms with Gasteiger partial charge in [0.2, 0.25) is 0 Å². The number of benzene rings is 2. The highest BCUT2D eigenvalue weighted by Crippen LogP contribution is 2.28. The summed E-state index contributed by atoms with van der Waals surface area (Å²) in [5, 5.41) is 11.1. The molecule has 0 saturated carbocycles. The van der Waals surface area contributed by atoms with Gasteiger partial charge in [0.15, 0.2) is 0 Å². The molecule has 1 N–H and O–H groups in total. The predicted molar refractivity (Wildman–Crippen MR) is 125 cm³/mol. The van der Waals surface area contributed by atoms with E-state index in [1.165, 1.54) is 5.56 Å². The molecule has 4 nitrogen and oxygen atoms in total. The Hall–Kier alpha value is -2.04. The highest BCUT2D eigenvalue weighted by molar-refractivity contribution is 5.48. The van der Waals surface area contributed by atoms with E-state index in [0.717, 1.165) is 69.7 Å².